The van der Waals surface area contributed by atoms with Crippen molar-refractivity contribution in [1.82, 2.24) is 4.90 Å². The van der Waals surface area contributed by atoms with Gasteiger partial charge in [-0.05, 0) is 42.0 Å². The molecular weight excluding hydrogens is 485 g/mol. The van der Waals surface area contributed by atoms with E-state index in [1.165, 1.54) is 0 Å². The normalized spacial score (nSPS) is 24.7. The maximum atomic E-state index is 13.6. The van der Waals surface area contributed by atoms with Crippen LogP contribution in [0.3, 0.4) is 0 Å². The summed E-state index contributed by atoms with van der Waals surface area (Å²) in [5.74, 6) is -1.66. The molecule has 0 aromatic heterocycles. The molecule has 2 saturated heterocycles. The van der Waals surface area contributed by atoms with Crippen LogP contribution in [0.5, 0.6) is 0 Å². The second-order valence-electron chi connectivity index (χ2n) is 8.91. The van der Waals surface area contributed by atoms with Crippen LogP contribution in [0.2, 0.25) is 5.02 Å². The fraction of sp³-hybridized carbons (Fsp3) is 0.440. The number of cyclic esters (lactones) is 1. The van der Waals surface area contributed by atoms with Gasteiger partial charge in [0.25, 0.3) is 0 Å². The van der Waals surface area contributed by atoms with Gasteiger partial charge < -0.3 is 15.2 Å². The summed E-state index contributed by atoms with van der Waals surface area (Å²) in [6.45, 7) is 0.118. The molecule has 0 spiro atoms. The zero-order valence-electron chi connectivity index (χ0n) is 18.8. The van der Waals surface area contributed by atoms with E-state index in [0.29, 0.717) is 17.0 Å². The number of halogens is 4. The van der Waals surface area contributed by atoms with Crippen LogP contribution in [-0.2, 0) is 14.3 Å². The average molecular weight is 511 g/mol. The molecule has 2 aromatic carbocycles. The smallest absolute Gasteiger partial charge is 0.417 e. The van der Waals surface area contributed by atoms with Gasteiger partial charge in [-0.15, -0.1) is 0 Å². The highest BCUT2D eigenvalue weighted by molar-refractivity contribution is 6.30. The number of carbonyl (C=O) groups is 2. The predicted molar refractivity (Wildman–Crippen MR) is 123 cm³/mol. The summed E-state index contributed by atoms with van der Waals surface area (Å²) in [5, 5.41) is 0.474. The van der Waals surface area contributed by atoms with E-state index in [4.69, 9.17) is 26.8 Å². The fourth-order valence-corrected chi connectivity index (χ4v) is 5.12. The molecule has 2 heterocycles. The maximum Gasteiger partial charge on any atom is 0.417 e. The van der Waals surface area contributed by atoms with Crippen LogP contribution < -0.4 is 5.73 Å². The van der Waals surface area contributed by atoms with Crippen molar-refractivity contribution in [3.05, 3.63) is 70.7 Å². The summed E-state index contributed by atoms with van der Waals surface area (Å²) in [6, 6.07) is 13.9. The van der Waals surface area contributed by atoms with E-state index in [9.17, 15) is 22.8 Å². The van der Waals surface area contributed by atoms with E-state index >= 15 is 0 Å². The lowest BCUT2D eigenvalue weighted by Gasteiger charge is -2.38. The molecule has 0 aliphatic carbocycles. The summed E-state index contributed by atoms with van der Waals surface area (Å²) >= 11 is 6.04. The SMILES string of the molecule is N[C@H](C(=O)N1C(=O)OC[C@@H]1c1ccccc1)[C@@H](c1ccc(Cl)cc1)[C@H]1CCO[C@@H](CC(F)(F)F)C1. The van der Waals surface area contributed by atoms with Crippen LogP contribution in [0.1, 0.15) is 42.3 Å². The van der Waals surface area contributed by atoms with Crippen molar-refractivity contribution in [2.45, 2.75) is 49.5 Å². The number of hydrogen-bond donors (Lipinski definition) is 1. The van der Waals surface area contributed by atoms with E-state index in [2.05, 4.69) is 0 Å². The molecule has 0 radical (unpaired) electrons. The number of nitrogens with two attached hydrogens (primary N) is 1. The van der Waals surface area contributed by atoms with Gasteiger partial charge in [0, 0.05) is 17.5 Å². The van der Waals surface area contributed by atoms with Gasteiger partial charge in [0.2, 0.25) is 5.91 Å². The predicted octanol–water partition coefficient (Wildman–Crippen LogP) is 5.22. The van der Waals surface area contributed by atoms with E-state index < -0.39 is 48.7 Å². The van der Waals surface area contributed by atoms with Crippen LogP contribution >= 0.6 is 11.6 Å². The van der Waals surface area contributed by atoms with Crippen molar-refractivity contribution >= 4 is 23.6 Å². The maximum absolute atomic E-state index is 13.6. The van der Waals surface area contributed by atoms with Crippen LogP contribution in [0.25, 0.3) is 0 Å². The Morgan fingerprint density at radius 1 is 1.14 bits per heavy atom. The second kappa shape index (κ2) is 10.6. The Morgan fingerprint density at radius 2 is 1.83 bits per heavy atom. The average Bonchev–Trinajstić information content (AvgIpc) is 3.21. The highest BCUT2D eigenvalue weighted by Crippen LogP contribution is 2.40. The number of benzene rings is 2. The van der Waals surface area contributed by atoms with Crippen molar-refractivity contribution in [3.8, 4) is 0 Å². The molecule has 2 amide bonds. The summed E-state index contributed by atoms with van der Waals surface area (Å²) in [4.78, 5) is 27.2. The molecule has 2 fully saturated rings. The second-order valence-corrected chi connectivity index (χ2v) is 9.35. The molecule has 188 valence electrons. The monoisotopic (exact) mass is 510 g/mol. The van der Waals surface area contributed by atoms with Crippen molar-refractivity contribution in [1.29, 1.82) is 0 Å². The van der Waals surface area contributed by atoms with Gasteiger partial charge in [-0.1, -0.05) is 54.1 Å². The molecule has 4 rings (SSSR count). The number of carbonyl (C=O) groups excluding carboxylic acids is 2. The van der Waals surface area contributed by atoms with Gasteiger partial charge in [0.05, 0.1) is 18.6 Å². The van der Waals surface area contributed by atoms with Crippen LogP contribution in [0.4, 0.5) is 18.0 Å². The minimum absolute atomic E-state index is 0.00214. The topological polar surface area (TPSA) is 81.9 Å². The summed E-state index contributed by atoms with van der Waals surface area (Å²) < 4.78 is 49.7. The largest absolute Gasteiger partial charge is 0.446 e. The molecule has 0 bridgehead atoms. The molecular formula is C25H26ClF3N2O4. The lowest BCUT2D eigenvalue weighted by Crippen LogP contribution is -2.50. The number of ether oxygens (including phenoxy) is 2. The van der Waals surface area contributed by atoms with Gasteiger partial charge in [-0.2, -0.15) is 13.2 Å². The number of alkyl halides is 3. The van der Waals surface area contributed by atoms with Crippen molar-refractivity contribution in [3.63, 3.8) is 0 Å². The number of imide groups is 1. The van der Waals surface area contributed by atoms with Crippen LogP contribution in [-0.4, -0.2) is 48.4 Å². The van der Waals surface area contributed by atoms with E-state index in [1.807, 2.05) is 6.07 Å². The zero-order chi connectivity index (χ0) is 25.2. The quantitative estimate of drug-likeness (QED) is 0.576. The van der Waals surface area contributed by atoms with Crippen LogP contribution in [0.15, 0.2) is 54.6 Å². The molecule has 0 unspecified atom stereocenters. The van der Waals surface area contributed by atoms with E-state index in [1.54, 1.807) is 48.5 Å². The molecule has 2 aliphatic rings. The highest BCUT2D eigenvalue weighted by atomic mass is 35.5. The molecule has 2 aliphatic heterocycles. The standard InChI is InChI=1S/C25H26ClF3N2O4/c26-18-8-6-16(7-9-18)21(17-10-11-34-19(12-17)13-25(27,28)29)22(30)23(32)31-20(14-35-24(31)33)15-4-2-1-3-5-15/h1-9,17,19-22H,10-14,30H2/t17-,19+,20+,21-,22-/m0/s1. The lowest BCUT2D eigenvalue weighted by molar-refractivity contribution is -0.170. The molecule has 2 aromatic rings. The van der Waals surface area contributed by atoms with Gasteiger partial charge in [-0.3, -0.25) is 4.79 Å². The first-order valence-electron chi connectivity index (χ1n) is 11.4. The highest BCUT2D eigenvalue weighted by Gasteiger charge is 2.45. The molecule has 35 heavy (non-hydrogen) atoms. The Morgan fingerprint density at radius 3 is 2.49 bits per heavy atom. The molecule has 2 N–H and O–H groups in total. The Hall–Kier alpha value is -2.62. The summed E-state index contributed by atoms with van der Waals surface area (Å²) in [7, 11) is 0. The van der Waals surface area contributed by atoms with Crippen molar-refractivity contribution in [2.75, 3.05) is 13.2 Å². The summed E-state index contributed by atoms with van der Waals surface area (Å²) in [6.07, 6.45) is -6.76. The first-order chi connectivity index (χ1) is 16.6. The first kappa shape index (κ1) is 25.5. The van der Waals surface area contributed by atoms with E-state index in [-0.39, 0.29) is 25.6 Å². The van der Waals surface area contributed by atoms with Crippen molar-refractivity contribution in [2.24, 2.45) is 11.7 Å². The fourth-order valence-electron chi connectivity index (χ4n) is 4.99. The van der Waals surface area contributed by atoms with Gasteiger partial charge >= 0.3 is 12.3 Å². The van der Waals surface area contributed by atoms with Gasteiger partial charge in [0.15, 0.2) is 0 Å². The van der Waals surface area contributed by atoms with Crippen LogP contribution in [0, 0.1) is 5.92 Å². The molecule has 5 atom stereocenters. The lowest BCUT2D eigenvalue weighted by atomic mass is 9.75. The Bertz CT molecular complexity index is 1040. The molecule has 6 nitrogen and oxygen atoms in total. The zero-order valence-corrected chi connectivity index (χ0v) is 19.5. The third-order valence-corrected chi connectivity index (χ3v) is 6.85. The summed E-state index contributed by atoms with van der Waals surface area (Å²) in [5.41, 5.74) is 7.91. The number of nitrogens with zero attached hydrogens (tertiary/aromatic N) is 1. The minimum atomic E-state index is -4.37. The third kappa shape index (κ3) is 5.97. The number of amides is 2. The van der Waals surface area contributed by atoms with E-state index in [0.717, 1.165) is 10.5 Å². The number of hydrogen-bond acceptors (Lipinski definition) is 5. The first-order valence-corrected chi connectivity index (χ1v) is 11.8. The van der Waals surface area contributed by atoms with Gasteiger partial charge in [-0.25, -0.2) is 9.69 Å². The molecule has 0 saturated carbocycles. The Labute approximate surface area is 206 Å². The Kier molecular flexibility index (Phi) is 7.68. The molecule has 10 heteroatoms. The van der Waals surface area contributed by atoms with Crippen molar-refractivity contribution < 1.29 is 32.2 Å². The minimum Gasteiger partial charge on any atom is -0.446 e. The third-order valence-electron chi connectivity index (χ3n) is 6.60. The number of rotatable bonds is 6. The Balaban J connectivity index is 1.63. The van der Waals surface area contributed by atoms with Gasteiger partial charge in [0.1, 0.15) is 12.6 Å².